The highest BCUT2D eigenvalue weighted by Gasteiger charge is 2.17. The van der Waals surface area contributed by atoms with E-state index in [0.29, 0.717) is 13.0 Å². The van der Waals surface area contributed by atoms with E-state index in [1.807, 2.05) is 31.7 Å². The maximum absolute atomic E-state index is 13.2. The molecule has 0 radical (unpaired) electrons. The van der Waals surface area contributed by atoms with E-state index >= 15 is 0 Å². The Morgan fingerprint density at radius 3 is 2.65 bits per heavy atom. The number of anilines is 1. The van der Waals surface area contributed by atoms with E-state index in [0.717, 1.165) is 12.2 Å². The predicted molar refractivity (Wildman–Crippen MR) is 80.2 cm³/mol. The zero-order valence-corrected chi connectivity index (χ0v) is 12.4. The highest BCUT2D eigenvalue weighted by atomic mass is 19.1. The number of halogens is 1. The number of primary amides is 1. The Morgan fingerprint density at radius 2 is 2.15 bits per heavy atom. The quantitative estimate of drug-likeness (QED) is 0.765. The van der Waals surface area contributed by atoms with Gasteiger partial charge >= 0.3 is 0 Å². The summed E-state index contributed by atoms with van der Waals surface area (Å²) in [6, 6.07) is 6.30. The van der Waals surface area contributed by atoms with Crippen molar-refractivity contribution in [2.24, 2.45) is 5.73 Å². The third-order valence-corrected chi connectivity index (χ3v) is 3.12. The lowest BCUT2D eigenvalue weighted by Crippen LogP contribution is -2.46. The fraction of sp³-hybridized carbons (Fsp3) is 0.533. The molecule has 0 spiro atoms. The van der Waals surface area contributed by atoms with Crippen LogP contribution in [0, 0.1) is 5.82 Å². The van der Waals surface area contributed by atoms with E-state index < -0.39 is 0 Å². The topological polar surface area (TPSA) is 58.4 Å². The zero-order valence-electron chi connectivity index (χ0n) is 12.4. The molecule has 1 aromatic rings. The Bertz CT molecular complexity index is 437. The molecule has 4 nitrogen and oxygen atoms in total. The van der Waals surface area contributed by atoms with E-state index in [-0.39, 0.29) is 23.8 Å². The van der Waals surface area contributed by atoms with Gasteiger partial charge in [-0.1, -0.05) is 19.9 Å². The van der Waals surface area contributed by atoms with Gasteiger partial charge < -0.3 is 16.0 Å². The van der Waals surface area contributed by atoms with Crippen molar-refractivity contribution in [3.63, 3.8) is 0 Å². The smallest absolute Gasteiger partial charge is 0.234 e. The number of nitrogens with two attached hydrogens (primary N) is 1. The molecule has 0 aliphatic rings. The highest BCUT2D eigenvalue weighted by molar-refractivity contribution is 5.79. The number of nitrogens with zero attached hydrogens (tertiary/aromatic N) is 1. The number of rotatable bonds is 8. The normalized spacial score (nSPS) is 12.4. The zero-order chi connectivity index (χ0) is 15.1. The van der Waals surface area contributed by atoms with Crippen LogP contribution in [0.2, 0.25) is 0 Å². The molecule has 0 aromatic heterocycles. The summed E-state index contributed by atoms with van der Waals surface area (Å²) < 4.78 is 13.2. The van der Waals surface area contributed by atoms with Gasteiger partial charge in [0.15, 0.2) is 0 Å². The van der Waals surface area contributed by atoms with E-state index in [2.05, 4.69) is 5.32 Å². The number of carbonyl (C=O) groups is 1. The first kappa shape index (κ1) is 16.4. The van der Waals surface area contributed by atoms with Crippen molar-refractivity contribution in [1.29, 1.82) is 0 Å². The molecule has 0 bridgehead atoms. The van der Waals surface area contributed by atoms with Gasteiger partial charge in [-0.05, 0) is 31.5 Å². The van der Waals surface area contributed by atoms with Gasteiger partial charge in [0.1, 0.15) is 5.82 Å². The molecule has 1 amide bonds. The molecule has 0 saturated carbocycles. The molecule has 5 heteroatoms. The van der Waals surface area contributed by atoms with E-state index in [9.17, 15) is 9.18 Å². The molecule has 1 unspecified atom stereocenters. The molecule has 1 atom stereocenters. The summed E-state index contributed by atoms with van der Waals surface area (Å²) in [7, 11) is 0. The minimum atomic E-state index is -0.363. The van der Waals surface area contributed by atoms with Crippen molar-refractivity contribution in [2.75, 3.05) is 18.0 Å². The summed E-state index contributed by atoms with van der Waals surface area (Å²) in [6.07, 6.45) is 0.595. The second-order valence-corrected chi connectivity index (χ2v) is 5.12. The Labute approximate surface area is 120 Å². The van der Waals surface area contributed by atoms with Gasteiger partial charge in [-0.2, -0.15) is 0 Å². The third kappa shape index (κ3) is 5.17. The van der Waals surface area contributed by atoms with Gasteiger partial charge in [-0.25, -0.2) is 4.39 Å². The average Bonchev–Trinajstić information content (AvgIpc) is 2.37. The number of amides is 1. The number of nitrogens with one attached hydrogen (secondary N) is 1. The molecule has 1 aromatic carbocycles. The van der Waals surface area contributed by atoms with E-state index in [1.54, 1.807) is 6.07 Å². The molecule has 0 fully saturated rings. The first-order valence-corrected chi connectivity index (χ1v) is 7.00. The van der Waals surface area contributed by atoms with Crippen LogP contribution in [-0.2, 0) is 4.79 Å². The summed E-state index contributed by atoms with van der Waals surface area (Å²) in [5, 5.41) is 3.15. The summed E-state index contributed by atoms with van der Waals surface area (Å²) >= 11 is 0. The van der Waals surface area contributed by atoms with Crippen LogP contribution in [-0.4, -0.2) is 31.1 Å². The number of carbonyl (C=O) groups excluding carboxylic acids is 1. The lowest BCUT2D eigenvalue weighted by Gasteiger charge is -2.26. The highest BCUT2D eigenvalue weighted by Crippen LogP contribution is 2.16. The predicted octanol–water partition coefficient (Wildman–Crippen LogP) is 1.89. The number of hydrogen-bond acceptors (Lipinski definition) is 3. The van der Waals surface area contributed by atoms with Gasteiger partial charge in [0.2, 0.25) is 5.91 Å². The van der Waals surface area contributed by atoms with Crippen LogP contribution in [0.4, 0.5) is 10.1 Å². The van der Waals surface area contributed by atoms with Crippen LogP contribution in [0.15, 0.2) is 24.3 Å². The lowest BCUT2D eigenvalue weighted by molar-refractivity contribution is -0.120. The second kappa shape index (κ2) is 7.85. The van der Waals surface area contributed by atoms with Crippen LogP contribution in [0.25, 0.3) is 0 Å². The van der Waals surface area contributed by atoms with Gasteiger partial charge in [-0.15, -0.1) is 0 Å². The van der Waals surface area contributed by atoms with Crippen molar-refractivity contribution in [3.8, 4) is 0 Å². The Kier molecular flexibility index (Phi) is 6.45. The second-order valence-electron chi connectivity index (χ2n) is 5.12. The van der Waals surface area contributed by atoms with Crippen LogP contribution in [0.3, 0.4) is 0 Å². The minimum Gasteiger partial charge on any atom is -0.372 e. The van der Waals surface area contributed by atoms with E-state index in [1.165, 1.54) is 12.1 Å². The maximum atomic E-state index is 13.2. The van der Waals surface area contributed by atoms with Crippen LogP contribution in [0.1, 0.15) is 27.2 Å². The maximum Gasteiger partial charge on any atom is 0.234 e. The van der Waals surface area contributed by atoms with Gasteiger partial charge in [-0.3, -0.25) is 4.79 Å². The SMILES string of the molecule is CCN(CCC(NC(C)C)C(N)=O)c1cccc(F)c1. The van der Waals surface area contributed by atoms with Crippen LogP contribution >= 0.6 is 0 Å². The minimum absolute atomic E-state index is 0.191. The molecule has 1 rings (SSSR count). The Hall–Kier alpha value is -1.62. The summed E-state index contributed by atoms with van der Waals surface area (Å²) in [5.41, 5.74) is 6.22. The fourth-order valence-corrected chi connectivity index (χ4v) is 2.14. The Balaban J connectivity index is 2.66. The molecule has 20 heavy (non-hydrogen) atoms. The standard InChI is InChI=1S/C15H24FN3O/c1-4-19(13-7-5-6-12(16)10-13)9-8-14(15(17)20)18-11(2)3/h5-7,10-11,14,18H,4,8-9H2,1-3H3,(H2,17,20). The summed E-state index contributed by atoms with van der Waals surface area (Å²) in [4.78, 5) is 13.4. The van der Waals surface area contributed by atoms with Crippen molar-refractivity contribution in [1.82, 2.24) is 5.32 Å². The molecule has 0 heterocycles. The van der Waals surface area contributed by atoms with Crippen LogP contribution in [0.5, 0.6) is 0 Å². The summed E-state index contributed by atoms with van der Waals surface area (Å²) in [6.45, 7) is 7.34. The number of benzene rings is 1. The first-order chi connectivity index (χ1) is 9.43. The average molecular weight is 281 g/mol. The Morgan fingerprint density at radius 1 is 1.45 bits per heavy atom. The molecule has 0 aliphatic carbocycles. The summed E-state index contributed by atoms with van der Waals surface area (Å²) in [5.74, 6) is -0.610. The monoisotopic (exact) mass is 281 g/mol. The largest absolute Gasteiger partial charge is 0.372 e. The first-order valence-electron chi connectivity index (χ1n) is 7.00. The van der Waals surface area contributed by atoms with Crippen LogP contribution < -0.4 is 16.0 Å². The van der Waals surface area contributed by atoms with Crippen molar-refractivity contribution in [2.45, 2.75) is 39.3 Å². The van der Waals surface area contributed by atoms with Crippen molar-refractivity contribution < 1.29 is 9.18 Å². The molecule has 0 aliphatic heterocycles. The third-order valence-electron chi connectivity index (χ3n) is 3.12. The molecule has 0 saturated heterocycles. The molecule has 112 valence electrons. The van der Waals surface area contributed by atoms with Gasteiger partial charge in [0, 0.05) is 24.8 Å². The molecular formula is C15H24FN3O. The van der Waals surface area contributed by atoms with Crippen molar-refractivity contribution >= 4 is 11.6 Å². The van der Waals surface area contributed by atoms with E-state index in [4.69, 9.17) is 5.73 Å². The van der Waals surface area contributed by atoms with Crippen molar-refractivity contribution in [3.05, 3.63) is 30.1 Å². The fourth-order valence-electron chi connectivity index (χ4n) is 2.14. The van der Waals surface area contributed by atoms with Gasteiger partial charge in [0.05, 0.1) is 6.04 Å². The molecule has 3 N–H and O–H groups in total. The number of hydrogen-bond donors (Lipinski definition) is 2. The van der Waals surface area contributed by atoms with Gasteiger partial charge in [0.25, 0.3) is 0 Å². The lowest BCUT2D eigenvalue weighted by atomic mass is 10.1. The molecular weight excluding hydrogens is 257 g/mol.